The standard InChI is InChI=1S/C10H10F3NO/c1-7(14-15-2)8-4-3-5-9(6-8)10(11,12)13/h3-6H,1-2H3/b14-7+. The SMILES string of the molecule is CO/N=C(\C)c1cccc(C(F)(F)F)c1. The van der Waals surface area contributed by atoms with Gasteiger partial charge in [0, 0.05) is 0 Å². The average Bonchev–Trinajstić information content (AvgIpc) is 2.17. The van der Waals surface area contributed by atoms with Gasteiger partial charge in [0.05, 0.1) is 11.3 Å². The van der Waals surface area contributed by atoms with Crippen LogP contribution in [0.15, 0.2) is 29.4 Å². The van der Waals surface area contributed by atoms with E-state index in [1.54, 1.807) is 13.0 Å². The van der Waals surface area contributed by atoms with Gasteiger partial charge >= 0.3 is 6.18 Å². The fraction of sp³-hybridized carbons (Fsp3) is 0.300. The van der Waals surface area contributed by atoms with Gasteiger partial charge in [-0.1, -0.05) is 17.3 Å². The first-order valence-electron chi connectivity index (χ1n) is 4.20. The Morgan fingerprint density at radius 2 is 2.00 bits per heavy atom. The molecular formula is C10H10F3NO. The van der Waals surface area contributed by atoms with E-state index in [1.807, 2.05) is 0 Å². The van der Waals surface area contributed by atoms with Gasteiger partial charge in [-0.3, -0.25) is 0 Å². The molecule has 0 saturated carbocycles. The molecule has 0 aliphatic carbocycles. The van der Waals surface area contributed by atoms with Gasteiger partial charge in [0.2, 0.25) is 0 Å². The Hall–Kier alpha value is -1.52. The molecule has 0 radical (unpaired) electrons. The van der Waals surface area contributed by atoms with Crippen LogP contribution in [0.5, 0.6) is 0 Å². The van der Waals surface area contributed by atoms with Gasteiger partial charge < -0.3 is 4.84 Å². The monoisotopic (exact) mass is 217 g/mol. The second-order valence-corrected chi connectivity index (χ2v) is 2.94. The summed E-state index contributed by atoms with van der Waals surface area (Å²) >= 11 is 0. The summed E-state index contributed by atoms with van der Waals surface area (Å²) in [5.41, 5.74) is 0.112. The molecule has 0 aliphatic heterocycles. The lowest BCUT2D eigenvalue weighted by Crippen LogP contribution is -2.06. The van der Waals surface area contributed by atoms with Gasteiger partial charge in [-0.25, -0.2) is 0 Å². The third-order valence-corrected chi connectivity index (χ3v) is 1.84. The van der Waals surface area contributed by atoms with E-state index in [9.17, 15) is 13.2 Å². The largest absolute Gasteiger partial charge is 0.416 e. The van der Waals surface area contributed by atoms with Gasteiger partial charge in [0.25, 0.3) is 0 Å². The molecule has 0 saturated heterocycles. The Morgan fingerprint density at radius 1 is 1.33 bits per heavy atom. The van der Waals surface area contributed by atoms with Crippen molar-refractivity contribution in [2.45, 2.75) is 13.1 Å². The summed E-state index contributed by atoms with van der Waals surface area (Å²) in [6, 6.07) is 4.95. The zero-order valence-electron chi connectivity index (χ0n) is 8.30. The molecule has 1 aromatic rings. The zero-order chi connectivity index (χ0) is 11.5. The molecule has 0 aliphatic rings. The van der Waals surface area contributed by atoms with E-state index in [1.165, 1.54) is 13.2 Å². The van der Waals surface area contributed by atoms with Crippen molar-refractivity contribution in [1.29, 1.82) is 0 Å². The number of rotatable bonds is 2. The minimum absolute atomic E-state index is 0.395. The summed E-state index contributed by atoms with van der Waals surface area (Å²) in [6.45, 7) is 1.58. The van der Waals surface area contributed by atoms with E-state index in [0.717, 1.165) is 12.1 Å². The van der Waals surface area contributed by atoms with Gasteiger partial charge in [0.15, 0.2) is 0 Å². The predicted molar refractivity (Wildman–Crippen MR) is 50.7 cm³/mol. The molecule has 0 N–H and O–H groups in total. The number of hydrogen-bond donors (Lipinski definition) is 0. The predicted octanol–water partition coefficient (Wildman–Crippen LogP) is 3.08. The fourth-order valence-electron chi connectivity index (χ4n) is 1.11. The molecular weight excluding hydrogens is 207 g/mol. The zero-order valence-corrected chi connectivity index (χ0v) is 8.30. The number of benzene rings is 1. The molecule has 5 heteroatoms. The molecule has 82 valence electrons. The minimum Gasteiger partial charge on any atom is -0.399 e. The highest BCUT2D eigenvalue weighted by molar-refractivity contribution is 5.98. The van der Waals surface area contributed by atoms with Crippen LogP contribution in [0, 0.1) is 0 Å². The highest BCUT2D eigenvalue weighted by Gasteiger charge is 2.30. The second-order valence-electron chi connectivity index (χ2n) is 2.94. The lowest BCUT2D eigenvalue weighted by atomic mass is 10.1. The molecule has 1 aromatic carbocycles. The molecule has 2 nitrogen and oxygen atoms in total. The van der Waals surface area contributed by atoms with Gasteiger partial charge in [-0.15, -0.1) is 0 Å². The fourth-order valence-corrected chi connectivity index (χ4v) is 1.11. The summed E-state index contributed by atoms with van der Waals surface area (Å²) in [5.74, 6) is 0. The maximum Gasteiger partial charge on any atom is 0.416 e. The molecule has 0 heterocycles. The smallest absolute Gasteiger partial charge is 0.399 e. The van der Waals surface area contributed by atoms with Gasteiger partial charge in [-0.05, 0) is 24.6 Å². The van der Waals surface area contributed by atoms with E-state index in [-0.39, 0.29) is 0 Å². The number of alkyl halides is 3. The summed E-state index contributed by atoms with van der Waals surface area (Å²) in [4.78, 5) is 4.49. The van der Waals surface area contributed by atoms with Crippen LogP contribution in [0.1, 0.15) is 18.1 Å². The van der Waals surface area contributed by atoms with Crippen LogP contribution >= 0.6 is 0 Å². The van der Waals surface area contributed by atoms with Crippen LogP contribution in [0.4, 0.5) is 13.2 Å². The third-order valence-electron chi connectivity index (χ3n) is 1.84. The second kappa shape index (κ2) is 4.33. The van der Waals surface area contributed by atoms with Crippen LogP contribution < -0.4 is 0 Å². The van der Waals surface area contributed by atoms with Crippen molar-refractivity contribution in [3.05, 3.63) is 35.4 Å². The van der Waals surface area contributed by atoms with Crippen molar-refractivity contribution in [2.75, 3.05) is 7.11 Å². The maximum absolute atomic E-state index is 12.3. The highest BCUT2D eigenvalue weighted by Crippen LogP contribution is 2.29. The van der Waals surface area contributed by atoms with Crippen molar-refractivity contribution in [3.8, 4) is 0 Å². The van der Waals surface area contributed by atoms with E-state index < -0.39 is 11.7 Å². The number of oxime groups is 1. The quantitative estimate of drug-likeness (QED) is 0.551. The Kier molecular flexibility index (Phi) is 3.34. The number of halogens is 3. The van der Waals surface area contributed by atoms with Gasteiger partial charge in [-0.2, -0.15) is 13.2 Å². The van der Waals surface area contributed by atoms with Crippen molar-refractivity contribution >= 4 is 5.71 Å². The first-order chi connectivity index (χ1) is 6.95. The van der Waals surface area contributed by atoms with Crippen molar-refractivity contribution in [3.63, 3.8) is 0 Å². The van der Waals surface area contributed by atoms with Crippen molar-refractivity contribution in [1.82, 2.24) is 0 Å². The summed E-state index contributed by atoms with van der Waals surface area (Å²) in [6.07, 6.45) is -4.33. The Labute approximate surface area is 85.4 Å². The Balaban J connectivity index is 3.08. The molecule has 0 amide bonds. The van der Waals surface area contributed by atoms with E-state index in [0.29, 0.717) is 11.3 Å². The van der Waals surface area contributed by atoms with Crippen LogP contribution in [0.25, 0.3) is 0 Å². The molecule has 15 heavy (non-hydrogen) atoms. The van der Waals surface area contributed by atoms with E-state index in [4.69, 9.17) is 0 Å². The number of hydrogen-bond acceptors (Lipinski definition) is 2. The van der Waals surface area contributed by atoms with Crippen LogP contribution in [0.3, 0.4) is 0 Å². The first-order valence-corrected chi connectivity index (χ1v) is 4.20. The molecule has 0 fully saturated rings. The lowest BCUT2D eigenvalue weighted by molar-refractivity contribution is -0.137. The van der Waals surface area contributed by atoms with E-state index >= 15 is 0 Å². The Bertz CT molecular complexity index is 371. The topological polar surface area (TPSA) is 21.6 Å². The normalized spacial score (nSPS) is 12.7. The van der Waals surface area contributed by atoms with Crippen molar-refractivity contribution < 1.29 is 18.0 Å². The summed E-state index contributed by atoms with van der Waals surface area (Å²) < 4.78 is 37.0. The average molecular weight is 217 g/mol. The maximum atomic E-state index is 12.3. The third kappa shape index (κ3) is 2.97. The van der Waals surface area contributed by atoms with Crippen LogP contribution in [-0.4, -0.2) is 12.8 Å². The van der Waals surface area contributed by atoms with Gasteiger partial charge in [0.1, 0.15) is 7.11 Å². The minimum atomic E-state index is -4.33. The highest BCUT2D eigenvalue weighted by atomic mass is 19.4. The summed E-state index contributed by atoms with van der Waals surface area (Å²) in [5, 5.41) is 3.57. The molecule has 0 bridgehead atoms. The lowest BCUT2D eigenvalue weighted by Gasteiger charge is -2.07. The van der Waals surface area contributed by atoms with Crippen LogP contribution in [-0.2, 0) is 11.0 Å². The summed E-state index contributed by atoms with van der Waals surface area (Å²) in [7, 11) is 1.34. The molecule has 0 spiro atoms. The molecule has 0 aromatic heterocycles. The Morgan fingerprint density at radius 3 is 2.53 bits per heavy atom. The molecule has 0 unspecified atom stereocenters. The molecule has 0 atom stereocenters. The molecule has 1 rings (SSSR count). The van der Waals surface area contributed by atoms with Crippen LogP contribution in [0.2, 0.25) is 0 Å². The van der Waals surface area contributed by atoms with E-state index in [2.05, 4.69) is 9.99 Å². The first kappa shape index (κ1) is 11.6. The van der Waals surface area contributed by atoms with Crippen molar-refractivity contribution in [2.24, 2.45) is 5.16 Å². The number of nitrogens with zero attached hydrogens (tertiary/aromatic N) is 1.